The third-order valence-corrected chi connectivity index (χ3v) is 7.60. The van der Waals surface area contributed by atoms with E-state index in [2.05, 4.69) is 5.10 Å². The van der Waals surface area contributed by atoms with Crippen molar-refractivity contribution in [2.75, 3.05) is 0 Å². The lowest BCUT2D eigenvalue weighted by Crippen LogP contribution is -2.57. The molecular formula is C16H14F3N3O6S. The zero-order chi connectivity index (χ0) is 21.8. The molecule has 0 radical (unpaired) electrons. The topological polar surface area (TPSA) is 133 Å². The molecule has 0 aliphatic carbocycles. The Morgan fingerprint density at radius 1 is 1.31 bits per heavy atom. The minimum absolute atomic E-state index is 0.177. The number of carbonyl (C=O) groups is 3. The molecule has 156 valence electrons. The molecule has 9 nitrogen and oxygen atoms in total. The number of carboxylic acids is 1. The summed E-state index contributed by atoms with van der Waals surface area (Å²) < 4.78 is 60.9. The molecule has 2 heterocycles. The molecule has 1 aromatic carbocycles. The van der Waals surface area contributed by atoms with Crippen molar-refractivity contribution >= 4 is 33.8 Å². The zero-order valence-corrected chi connectivity index (χ0v) is 15.5. The van der Waals surface area contributed by atoms with Crippen molar-refractivity contribution < 1.29 is 41.1 Å². The number of alkyl halides is 3. The number of amides is 2. The maximum atomic E-state index is 12.6. The summed E-state index contributed by atoms with van der Waals surface area (Å²) in [6, 6.07) is 1.49. The standard InChI is InChI=1S/C16H14F3N3O6S/c1-15(12(14(25)26)22-10(23)6-11(22)29(15,27)28)7-20-21-13(24)8-2-4-9(5-3-8)16(17,18)19/h2-5,7,11-12H,6H2,1H3,(H,21,24)(H,25,26)/b20-7+/t11-,12+,15+/m1/s1. The summed E-state index contributed by atoms with van der Waals surface area (Å²) in [5.41, 5.74) is 0.821. The van der Waals surface area contributed by atoms with Gasteiger partial charge in [-0.05, 0) is 31.2 Å². The number of carboxylic acid groups (broad SMARTS) is 1. The van der Waals surface area contributed by atoms with Crippen molar-refractivity contribution in [1.29, 1.82) is 0 Å². The predicted molar refractivity (Wildman–Crippen MR) is 91.4 cm³/mol. The van der Waals surface area contributed by atoms with E-state index in [0.717, 1.165) is 24.0 Å². The highest BCUT2D eigenvalue weighted by atomic mass is 32.2. The average molecular weight is 433 g/mol. The lowest BCUT2D eigenvalue weighted by molar-refractivity contribution is -0.156. The number of hydrazone groups is 1. The monoisotopic (exact) mass is 433 g/mol. The van der Waals surface area contributed by atoms with Crippen molar-refractivity contribution in [3.8, 4) is 0 Å². The lowest BCUT2D eigenvalue weighted by atomic mass is 9.97. The van der Waals surface area contributed by atoms with Gasteiger partial charge in [0.2, 0.25) is 5.91 Å². The number of rotatable bonds is 4. The number of aliphatic carboxylic acids is 1. The van der Waals surface area contributed by atoms with Gasteiger partial charge in [0.25, 0.3) is 5.91 Å². The summed E-state index contributed by atoms with van der Waals surface area (Å²) in [4.78, 5) is 36.0. The first-order valence-corrected chi connectivity index (χ1v) is 9.64. The molecule has 0 saturated carbocycles. The minimum Gasteiger partial charge on any atom is -0.480 e. The van der Waals surface area contributed by atoms with Crippen LogP contribution in [0.2, 0.25) is 0 Å². The zero-order valence-electron chi connectivity index (χ0n) is 14.7. The Balaban J connectivity index is 1.80. The normalized spacial score (nSPS) is 28.1. The first-order valence-electron chi connectivity index (χ1n) is 8.10. The van der Waals surface area contributed by atoms with Crippen LogP contribution in [0.4, 0.5) is 13.2 Å². The third kappa shape index (κ3) is 3.14. The fourth-order valence-corrected chi connectivity index (χ4v) is 5.51. The Bertz CT molecular complexity index is 1020. The number of nitrogens with zero attached hydrogens (tertiary/aromatic N) is 2. The van der Waals surface area contributed by atoms with E-state index in [1.54, 1.807) is 0 Å². The molecule has 2 fully saturated rings. The van der Waals surface area contributed by atoms with Crippen molar-refractivity contribution in [2.45, 2.75) is 35.7 Å². The summed E-state index contributed by atoms with van der Waals surface area (Å²) in [6.45, 7) is 1.07. The van der Waals surface area contributed by atoms with E-state index in [-0.39, 0.29) is 12.0 Å². The third-order valence-electron chi connectivity index (χ3n) is 4.94. The van der Waals surface area contributed by atoms with E-state index in [9.17, 15) is 41.1 Å². The molecule has 1 aromatic rings. The van der Waals surface area contributed by atoms with Gasteiger partial charge in [0.1, 0.15) is 10.1 Å². The summed E-state index contributed by atoms with van der Waals surface area (Å²) in [6.07, 6.45) is -4.20. The van der Waals surface area contributed by atoms with Crippen LogP contribution in [-0.4, -0.2) is 58.6 Å². The van der Waals surface area contributed by atoms with E-state index in [4.69, 9.17) is 0 Å². The van der Waals surface area contributed by atoms with Crippen LogP contribution in [-0.2, 0) is 25.6 Å². The molecule has 2 aliphatic heterocycles. The molecule has 13 heteroatoms. The largest absolute Gasteiger partial charge is 0.480 e. The number of sulfone groups is 1. The number of hydrogen-bond donors (Lipinski definition) is 2. The smallest absolute Gasteiger partial charge is 0.416 e. The number of halogens is 3. The molecule has 3 rings (SSSR count). The maximum absolute atomic E-state index is 12.6. The van der Waals surface area contributed by atoms with Gasteiger partial charge in [0, 0.05) is 11.8 Å². The molecule has 2 saturated heterocycles. The fourth-order valence-electron chi connectivity index (χ4n) is 3.30. The Morgan fingerprint density at radius 3 is 2.38 bits per heavy atom. The Hall–Kier alpha value is -2.96. The van der Waals surface area contributed by atoms with Gasteiger partial charge in [-0.2, -0.15) is 18.3 Å². The second-order valence-corrected chi connectivity index (χ2v) is 9.22. The summed E-state index contributed by atoms with van der Waals surface area (Å²) >= 11 is 0. The average Bonchev–Trinajstić information content (AvgIpc) is 2.75. The SMILES string of the molecule is C[C@]1(/C=N/NC(=O)c2ccc(C(F)(F)F)cc2)[C@H](C(=O)O)N2C(=O)C[C@H]2S1(=O)=O. The van der Waals surface area contributed by atoms with E-state index >= 15 is 0 Å². The lowest BCUT2D eigenvalue weighted by Gasteiger charge is -2.35. The number of hydrogen-bond acceptors (Lipinski definition) is 6. The molecule has 2 aliphatic rings. The van der Waals surface area contributed by atoms with E-state index < -0.39 is 55.5 Å². The fraction of sp³-hybridized carbons (Fsp3) is 0.375. The number of fused-ring (bicyclic) bond motifs is 1. The molecule has 29 heavy (non-hydrogen) atoms. The van der Waals surface area contributed by atoms with Crippen molar-refractivity contribution in [2.24, 2.45) is 5.10 Å². The van der Waals surface area contributed by atoms with Crippen molar-refractivity contribution in [3.63, 3.8) is 0 Å². The van der Waals surface area contributed by atoms with E-state index in [1.165, 1.54) is 0 Å². The van der Waals surface area contributed by atoms with Crippen LogP contribution in [0.3, 0.4) is 0 Å². The predicted octanol–water partition coefficient (Wildman–Crippen LogP) is 0.620. The van der Waals surface area contributed by atoms with Gasteiger partial charge in [-0.25, -0.2) is 18.6 Å². The molecule has 0 aromatic heterocycles. The van der Waals surface area contributed by atoms with Crippen molar-refractivity contribution in [3.05, 3.63) is 35.4 Å². The molecule has 3 atom stereocenters. The molecule has 0 bridgehead atoms. The van der Waals surface area contributed by atoms with Crippen LogP contribution in [0.25, 0.3) is 0 Å². The quantitative estimate of drug-likeness (QED) is 0.406. The van der Waals surface area contributed by atoms with Crippen LogP contribution in [0.1, 0.15) is 29.3 Å². The van der Waals surface area contributed by atoms with Gasteiger partial charge in [-0.3, -0.25) is 9.59 Å². The van der Waals surface area contributed by atoms with Gasteiger partial charge in [-0.15, -0.1) is 0 Å². The van der Waals surface area contributed by atoms with Crippen molar-refractivity contribution in [1.82, 2.24) is 10.3 Å². The van der Waals surface area contributed by atoms with Crippen LogP contribution in [0, 0.1) is 0 Å². The van der Waals surface area contributed by atoms with Gasteiger partial charge in [0.05, 0.1) is 12.0 Å². The minimum atomic E-state index is -4.57. The van der Waals surface area contributed by atoms with Crippen LogP contribution in [0.15, 0.2) is 29.4 Å². The highest BCUT2D eigenvalue weighted by molar-refractivity contribution is 7.94. The van der Waals surface area contributed by atoms with Gasteiger partial charge in [-0.1, -0.05) is 0 Å². The summed E-state index contributed by atoms with van der Waals surface area (Å²) in [5, 5.41) is 11.6. The molecule has 0 spiro atoms. The van der Waals surface area contributed by atoms with E-state index in [0.29, 0.717) is 18.3 Å². The number of carbonyl (C=O) groups excluding carboxylic acids is 2. The van der Waals surface area contributed by atoms with Gasteiger partial charge in [0.15, 0.2) is 15.9 Å². The van der Waals surface area contributed by atoms with E-state index in [1.807, 2.05) is 5.43 Å². The summed E-state index contributed by atoms with van der Waals surface area (Å²) in [5.74, 6) is -3.11. The van der Waals surface area contributed by atoms with Gasteiger partial charge >= 0.3 is 12.1 Å². The van der Waals surface area contributed by atoms with Gasteiger partial charge < -0.3 is 10.0 Å². The first kappa shape index (κ1) is 20.8. The number of nitrogens with one attached hydrogen (secondary N) is 1. The molecular weight excluding hydrogens is 419 g/mol. The molecule has 0 unspecified atom stereocenters. The maximum Gasteiger partial charge on any atom is 0.416 e. The Labute approximate surface area is 162 Å². The Kier molecular flexibility index (Phi) is 4.68. The second kappa shape index (κ2) is 6.54. The van der Waals surface area contributed by atoms with Crippen LogP contribution >= 0.6 is 0 Å². The first-order chi connectivity index (χ1) is 13.3. The second-order valence-electron chi connectivity index (χ2n) is 6.70. The molecule has 2 N–H and O–H groups in total. The summed E-state index contributed by atoms with van der Waals surface area (Å²) in [7, 11) is -4.14. The molecule has 2 amide bonds. The van der Waals surface area contributed by atoms with Crippen LogP contribution < -0.4 is 5.43 Å². The number of benzene rings is 1. The van der Waals surface area contributed by atoms with Crippen LogP contribution in [0.5, 0.6) is 0 Å². The highest BCUT2D eigenvalue weighted by Gasteiger charge is 2.69. The highest BCUT2D eigenvalue weighted by Crippen LogP contribution is 2.45. The Morgan fingerprint density at radius 2 is 1.90 bits per heavy atom. The number of β-lactam (4-membered cyclic amide) rings is 1.